The van der Waals surface area contributed by atoms with E-state index >= 15 is 0 Å². The summed E-state index contributed by atoms with van der Waals surface area (Å²) in [4.78, 5) is 0. The number of rotatable bonds is 1. The van der Waals surface area contributed by atoms with Crippen LogP contribution in [0.3, 0.4) is 0 Å². The van der Waals surface area contributed by atoms with Gasteiger partial charge < -0.3 is 0 Å². The summed E-state index contributed by atoms with van der Waals surface area (Å²) in [6.07, 6.45) is 0. The molecule has 2 rings (SSSR count). The predicted octanol–water partition coefficient (Wildman–Crippen LogP) is 5.11. The van der Waals surface area contributed by atoms with Gasteiger partial charge in [-0.2, -0.15) is 0 Å². The van der Waals surface area contributed by atoms with Gasteiger partial charge in [0.25, 0.3) is 0 Å². The van der Waals surface area contributed by atoms with Crippen LogP contribution < -0.4 is 0 Å². The van der Waals surface area contributed by atoms with E-state index in [4.69, 9.17) is 23.2 Å². The first-order valence-electron chi connectivity index (χ1n) is 4.80. The SMILES string of the molecule is Cc1ccc(-c2c(F)cccc2Cl)c(Cl)c1. The second kappa shape index (κ2) is 4.44. The molecule has 0 radical (unpaired) electrons. The molecule has 0 aliphatic carbocycles. The molecule has 82 valence electrons. The topological polar surface area (TPSA) is 0 Å². The molecule has 0 aliphatic rings. The molecule has 0 saturated carbocycles. The Bertz CT molecular complexity index is 515. The fraction of sp³-hybridized carbons (Fsp3) is 0.0769. The van der Waals surface area contributed by atoms with Gasteiger partial charge >= 0.3 is 0 Å². The number of hydrogen-bond donors (Lipinski definition) is 0. The van der Waals surface area contributed by atoms with Crippen molar-refractivity contribution in [2.24, 2.45) is 0 Å². The highest BCUT2D eigenvalue weighted by Gasteiger charge is 2.12. The molecule has 0 heterocycles. The van der Waals surface area contributed by atoms with Crippen LogP contribution in [0.1, 0.15) is 5.56 Å². The van der Waals surface area contributed by atoms with Crippen molar-refractivity contribution in [3.05, 3.63) is 57.8 Å². The highest BCUT2D eigenvalue weighted by molar-refractivity contribution is 6.36. The second-order valence-corrected chi connectivity index (χ2v) is 4.39. The maximum absolute atomic E-state index is 13.7. The lowest BCUT2D eigenvalue weighted by molar-refractivity contribution is 0.631. The van der Waals surface area contributed by atoms with E-state index in [0.717, 1.165) is 5.56 Å². The Balaban J connectivity index is 2.68. The lowest BCUT2D eigenvalue weighted by Gasteiger charge is -2.08. The molecular weight excluding hydrogens is 246 g/mol. The van der Waals surface area contributed by atoms with Gasteiger partial charge in [-0.1, -0.05) is 41.4 Å². The standard InChI is InChI=1S/C13H9Cl2F/c1-8-5-6-9(11(15)7-8)13-10(14)3-2-4-12(13)16/h2-7H,1H3. The molecule has 16 heavy (non-hydrogen) atoms. The molecule has 0 atom stereocenters. The summed E-state index contributed by atoms with van der Waals surface area (Å²) in [5, 5.41) is 0.873. The van der Waals surface area contributed by atoms with Crippen LogP contribution in [-0.2, 0) is 0 Å². The van der Waals surface area contributed by atoms with Crippen molar-refractivity contribution in [2.75, 3.05) is 0 Å². The number of benzene rings is 2. The minimum absolute atomic E-state index is 0.356. The molecule has 0 bridgehead atoms. The monoisotopic (exact) mass is 254 g/mol. The predicted molar refractivity (Wildman–Crippen MR) is 66.6 cm³/mol. The number of halogens is 3. The van der Waals surface area contributed by atoms with Crippen molar-refractivity contribution in [1.29, 1.82) is 0 Å². The van der Waals surface area contributed by atoms with E-state index in [2.05, 4.69) is 0 Å². The van der Waals surface area contributed by atoms with Gasteiger partial charge in [0.2, 0.25) is 0 Å². The zero-order chi connectivity index (χ0) is 11.7. The first kappa shape index (κ1) is 11.4. The van der Waals surface area contributed by atoms with Crippen LogP contribution in [0.4, 0.5) is 4.39 Å². The van der Waals surface area contributed by atoms with E-state index < -0.39 is 0 Å². The Kier molecular flexibility index (Phi) is 3.17. The molecule has 0 nitrogen and oxygen atoms in total. The van der Waals surface area contributed by atoms with E-state index in [1.54, 1.807) is 24.3 Å². The van der Waals surface area contributed by atoms with Gasteiger partial charge in [-0.3, -0.25) is 0 Å². The van der Waals surface area contributed by atoms with Crippen LogP contribution in [0.25, 0.3) is 11.1 Å². The Morgan fingerprint density at radius 3 is 2.38 bits per heavy atom. The maximum atomic E-state index is 13.7. The third-order valence-corrected chi connectivity index (χ3v) is 2.98. The zero-order valence-electron chi connectivity index (χ0n) is 8.60. The molecule has 0 spiro atoms. The van der Waals surface area contributed by atoms with Gasteiger partial charge in [0, 0.05) is 16.1 Å². The minimum Gasteiger partial charge on any atom is -0.206 e. The first-order valence-corrected chi connectivity index (χ1v) is 5.55. The molecule has 0 aliphatic heterocycles. The van der Waals surface area contributed by atoms with E-state index in [9.17, 15) is 4.39 Å². The van der Waals surface area contributed by atoms with Crippen molar-refractivity contribution in [2.45, 2.75) is 6.92 Å². The third-order valence-electron chi connectivity index (χ3n) is 2.36. The summed E-state index contributed by atoms with van der Waals surface area (Å²) < 4.78 is 13.7. The van der Waals surface area contributed by atoms with Crippen LogP contribution in [0.15, 0.2) is 36.4 Å². The van der Waals surface area contributed by atoms with Crippen molar-refractivity contribution >= 4 is 23.2 Å². The molecule has 0 aromatic heterocycles. The average Bonchev–Trinajstić information content (AvgIpc) is 2.20. The Labute approximate surface area is 104 Å². The van der Waals surface area contributed by atoms with Gasteiger partial charge in [0.05, 0.1) is 5.02 Å². The fourth-order valence-corrected chi connectivity index (χ4v) is 2.17. The van der Waals surface area contributed by atoms with Crippen molar-refractivity contribution in [1.82, 2.24) is 0 Å². The van der Waals surface area contributed by atoms with Crippen molar-refractivity contribution < 1.29 is 4.39 Å². The number of hydrogen-bond acceptors (Lipinski definition) is 0. The van der Waals surface area contributed by atoms with Gasteiger partial charge in [-0.25, -0.2) is 4.39 Å². The summed E-state index contributed by atoms with van der Waals surface area (Å²) in [5.74, 6) is -0.363. The summed E-state index contributed by atoms with van der Waals surface area (Å²) in [5.41, 5.74) is 2.01. The molecular formula is C13H9Cl2F. The smallest absolute Gasteiger partial charge is 0.132 e. The van der Waals surface area contributed by atoms with E-state index in [1.807, 2.05) is 13.0 Å². The fourth-order valence-electron chi connectivity index (χ4n) is 1.58. The molecule has 0 fully saturated rings. The molecule has 2 aromatic carbocycles. The van der Waals surface area contributed by atoms with Crippen LogP contribution in [0.5, 0.6) is 0 Å². The van der Waals surface area contributed by atoms with Crippen molar-refractivity contribution in [3.63, 3.8) is 0 Å². The van der Waals surface area contributed by atoms with E-state index in [1.165, 1.54) is 6.07 Å². The van der Waals surface area contributed by atoms with Crippen LogP contribution >= 0.6 is 23.2 Å². The lowest BCUT2D eigenvalue weighted by Crippen LogP contribution is -1.87. The van der Waals surface area contributed by atoms with Gasteiger partial charge in [-0.15, -0.1) is 0 Å². The molecule has 3 heteroatoms. The van der Waals surface area contributed by atoms with Crippen LogP contribution in [0.2, 0.25) is 10.0 Å². The first-order chi connectivity index (χ1) is 7.59. The third kappa shape index (κ3) is 2.06. The normalized spacial score (nSPS) is 10.5. The van der Waals surface area contributed by atoms with Gasteiger partial charge in [0.15, 0.2) is 0 Å². The van der Waals surface area contributed by atoms with Crippen LogP contribution in [-0.4, -0.2) is 0 Å². The molecule has 0 saturated heterocycles. The Hall–Kier alpha value is -1.05. The molecule has 0 amide bonds. The summed E-state index contributed by atoms with van der Waals surface area (Å²) >= 11 is 12.1. The summed E-state index contributed by atoms with van der Waals surface area (Å²) in [6.45, 7) is 1.93. The Morgan fingerprint density at radius 2 is 1.75 bits per heavy atom. The number of aryl methyl sites for hydroxylation is 1. The van der Waals surface area contributed by atoms with E-state index in [-0.39, 0.29) is 5.82 Å². The molecule has 2 aromatic rings. The average molecular weight is 255 g/mol. The molecule has 0 N–H and O–H groups in total. The summed E-state index contributed by atoms with van der Waals surface area (Å²) in [6, 6.07) is 10.0. The maximum Gasteiger partial charge on any atom is 0.132 e. The lowest BCUT2D eigenvalue weighted by atomic mass is 10.0. The Morgan fingerprint density at radius 1 is 1.00 bits per heavy atom. The van der Waals surface area contributed by atoms with Crippen LogP contribution in [0, 0.1) is 12.7 Å². The van der Waals surface area contributed by atoms with Crippen molar-refractivity contribution in [3.8, 4) is 11.1 Å². The zero-order valence-corrected chi connectivity index (χ0v) is 10.1. The minimum atomic E-state index is -0.363. The quantitative estimate of drug-likeness (QED) is 0.664. The molecule has 0 unspecified atom stereocenters. The second-order valence-electron chi connectivity index (χ2n) is 3.58. The van der Waals surface area contributed by atoms with Gasteiger partial charge in [-0.05, 0) is 30.7 Å². The van der Waals surface area contributed by atoms with E-state index in [0.29, 0.717) is 21.2 Å². The highest BCUT2D eigenvalue weighted by atomic mass is 35.5. The highest BCUT2D eigenvalue weighted by Crippen LogP contribution is 2.35. The van der Waals surface area contributed by atoms with Gasteiger partial charge in [0.1, 0.15) is 5.82 Å². The largest absolute Gasteiger partial charge is 0.206 e. The summed E-state index contributed by atoms with van der Waals surface area (Å²) in [7, 11) is 0.